The largest absolute Gasteiger partial charge is 0.494 e. The molecule has 0 aliphatic carbocycles. The summed E-state index contributed by atoms with van der Waals surface area (Å²) in [6, 6.07) is 0.701. The van der Waals surface area contributed by atoms with Gasteiger partial charge >= 0.3 is 0 Å². The van der Waals surface area contributed by atoms with E-state index in [1.165, 1.54) is 32.7 Å². The van der Waals surface area contributed by atoms with Gasteiger partial charge in [-0.2, -0.15) is 27.0 Å². The van der Waals surface area contributed by atoms with Crippen molar-refractivity contribution in [1.82, 2.24) is 15.3 Å². The Morgan fingerprint density at radius 2 is 1.79 bits per heavy atom. The summed E-state index contributed by atoms with van der Waals surface area (Å²) < 4.78 is 49.6. The van der Waals surface area contributed by atoms with Gasteiger partial charge in [0.2, 0.25) is 11.9 Å². The zero-order chi connectivity index (χ0) is 23.1. The number of aromatic nitrogens is 2. The number of hydrogen-bond acceptors (Lipinski definition) is 8. The lowest BCUT2D eigenvalue weighted by Gasteiger charge is -2.32. The molecule has 0 radical (unpaired) electrons. The second kappa shape index (κ2) is 13.8. The van der Waals surface area contributed by atoms with E-state index >= 15 is 0 Å². The third-order valence-electron chi connectivity index (χ3n) is 4.86. The molecule has 1 aromatic carbocycles. The quantitative estimate of drug-likeness (QED) is 0.488. The van der Waals surface area contributed by atoms with Crippen LogP contribution in [0.4, 0.5) is 14.7 Å². The van der Waals surface area contributed by atoms with Crippen LogP contribution in [0.2, 0.25) is 0 Å². The van der Waals surface area contributed by atoms with E-state index in [2.05, 4.69) is 27.2 Å². The lowest BCUT2D eigenvalue weighted by molar-refractivity contribution is -0.117. The summed E-state index contributed by atoms with van der Waals surface area (Å²) in [5.74, 6) is -1.87. The number of ether oxygens (including phenoxy) is 4. The highest BCUT2D eigenvalue weighted by Crippen LogP contribution is 2.32. The van der Waals surface area contributed by atoms with Gasteiger partial charge in [-0.1, -0.05) is 6.58 Å². The van der Waals surface area contributed by atoms with Gasteiger partial charge in [0.15, 0.2) is 28.9 Å². The smallest absolute Gasteiger partial charge is 0.243 e. The SMILES string of the molecule is C=CC(=O)N[C@H]1CCOC[C@H]1Nc1ncc(OCc2c(F)c(OC)cc(OC)c2F)cn1.S.S. The molecule has 0 unspecified atom stereocenters. The van der Waals surface area contributed by atoms with Gasteiger partial charge in [-0.15, -0.1) is 0 Å². The molecule has 2 atom stereocenters. The van der Waals surface area contributed by atoms with Gasteiger partial charge < -0.3 is 29.6 Å². The summed E-state index contributed by atoms with van der Waals surface area (Å²) >= 11 is 0. The maximum atomic E-state index is 14.4. The number of nitrogens with one attached hydrogen (secondary N) is 2. The lowest BCUT2D eigenvalue weighted by Crippen LogP contribution is -2.52. The first kappa shape index (κ1) is 29.3. The molecule has 2 N–H and O–H groups in total. The van der Waals surface area contributed by atoms with Gasteiger partial charge in [-0.25, -0.2) is 18.7 Å². The molecule has 1 fully saturated rings. The average molecular weight is 519 g/mol. The molecule has 3 rings (SSSR count). The number of nitrogens with zero attached hydrogens (tertiary/aromatic N) is 2. The van der Waals surface area contributed by atoms with Crippen LogP contribution in [0.5, 0.6) is 17.2 Å². The Morgan fingerprint density at radius 3 is 2.35 bits per heavy atom. The Labute approximate surface area is 210 Å². The third-order valence-corrected chi connectivity index (χ3v) is 4.86. The van der Waals surface area contributed by atoms with Crippen LogP contribution < -0.4 is 24.8 Å². The summed E-state index contributed by atoms with van der Waals surface area (Å²) in [6.07, 6.45) is 4.56. The number of methoxy groups -OCH3 is 2. The lowest BCUT2D eigenvalue weighted by atomic mass is 10.0. The molecule has 0 spiro atoms. The summed E-state index contributed by atoms with van der Waals surface area (Å²) in [5, 5.41) is 5.95. The van der Waals surface area contributed by atoms with Crippen LogP contribution in [0.25, 0.3) is 0 Å². The molecule has 1 saturated heterocycles. The number of carbonyl (C=O) groups is 1. The number of anilines is 1. The second-order valence-corrected chi connectivity index (χ2v) is 6.85. The number of rotatable bonds is 9. The molecular formula is C21H28F2N4O5S2. The number of amides is 1. The number of carbonyl (C=O) groups excluding carboxylic acids is 1. The predicted octanol–water partition coefficient (Wildman–Crippen LogP) is 2.45. The van der Waals surface area contributed by atoms with Crippen LogP contribution in [0.3, 0.4) is 0 Å². The summed E-state index contributed by atoms with van der Waals surface area (Å²) in [5.41, 5.74) is -0.344. The highest BCUT2D eigenvalue weighted by atomic mass is 32.1. The molecule has 0 bridgehead atoms. The van der Waals surface area contributed by atoms with Crippen molar-refractivity contribution in [2.75, 3.05) is 32.8 Å². The second-order valence-electron chi connectivity index (χ2n) is 6.85. The zero-order valence-corrected chi connectivity index (χ0v) is 20.7. The molecule has 9 nitrogen and oxygen atoms in total. The average Bonchev–Trinajstić information content (AvgIpc) is 2.81. The first-order valence-corrected chi connectivity index (χ1v) is 9.77. The van der Waals surface area contributed by atoms with E-state index in [9.17, 15) is 13.6 Å². The molecule has 188 valence electrons. The highest BCUT2D eigenvalue weighted by Gasteiger charge is 2.27. The number of benzene rings is 1. The predicted molar refractivity (Wildman–Crippen MR) is 132 cm³/mol. The first-order valence-electron chi connectivity index (χ1n) is 9.77. The van der Waals surface area contributed by atoms with Gasteiger partial charge in [0.25, 0.3) is 0 Å². The van der Waals surface area contributed by atoms with Gasteiger partial charge in [0.05, 0.1) is 50.9 Å². The fraction of sp³-hybridized carbons (Fsp3) is 0.381. The minimum absolute atomic E-state index is 0. The van der Waals surface area contributed by atoms with Gasteiger partial charge in [-0.05, 0) is 12.5 Å². The third kappa shape index (κ3) is 7.11. The Morgan fingerprint density at radius 1 is 1.18 bits per heavy atom. The fourth-order valence-corrected chi connectivity index (χ4v) is 3.14. The monoisotopic (exact) mass is 518 g/mol. The van der Waals surface area contributed by atoms with Crippen molar-refractivity contribution < 1.29 is 32.5 Å². The Kier molecular flexibility index (Phi) is 11.9. The van der Waals surface area contributed by atoms with Crippen LogP contribution in [-0.4, -0.2) is 55.4 Å². The molecule has 1 amide bonds. The minimum Gasteiger partial charge on any atom is -0.494 e. The van der Waals surface area contributed by atoms with E-state index in [0.717, 1.165) is 6.07 Å². The van der Waals surface area contributed by atoms with Crippen molar-refractivity contribution in [2.24, 2.45) is 0 Å². The van der Waals surface area contributed by atoms with E-state index in [1.807, 2.05) is 0 Å². The van der Waals surface area contributed by atoms with Crippen molar-refractivity contribution in [2.45, 2.75) is 25.1 Å². The summed E-state index contributed by atoms with van der Waals surface area (Å²) in [4.78, 5) is 19.9. The van der Waals surface area contributed by atoms with E-state index in [4.69, 9.17) is 18.9 Å². The van der Waals surface area contributed by atoms with E-state index in [1.54, 1.807) is 0 Å². The van der Waals surface area contributed by atoms with Crippen molar-refractivity contribution in [3.8, 4) is 17.2 Å². The van der Waals surface area contributed by atoms with E-state index in [0.29, 0.717) is 19.6 Å². The van der Waals surface area contributed by atoms with Gasteiger partial charge in [-0.3, -0.25) is 4.79 Å². The molecule has 1 aliphatic rings. The normalized spacial score (nSPS) is 16.8. The van der Waals surface area contributed by atoms with Crippen LogP contribution in [0.1, 0.15) is 12.0 Å². The van der Waals surface area contributed by atoms with E-state index < -0.39 is 18.2 Å². The fourth-order valence-electron chi connectivity index (χ4n) is 3.14. The first-order chi connectivity index (χ1) is 15.5. The van der Waals surface area contributed by atoms with Crippen LogP contribution >= 0.6 is 27.0 Å². The number of hydrogen-bond donors (Lipinski definition) is 2. The molecular weight excluding hydrogens is 490 g/mol. The maximum absolute atomic E-state index is 14.4. The molecule has 0 saturated carbocycles. The molecule has 13 heteroatoms. The van der Waals surface area contributed by atoms with Crippen LogP contribution in [0.15, 0.2) is 31.1 Å². The molecule has 1 aliphatic heterocycles. The highest BCUT2D eigenvalue weighted by molar-refractivity contribution is 7.59. The molecule has 1 aromatic heterocycles. The standard InChI is InChI=1S/C21H24F2N4O5.2H2S/c1-4-18(28)26-14-5-6-31-11-15(14)27-21-24-8-12(9-25-21)32-10-13-19(22)16(29-2)7-17(30-3)20(13)23;;/h4,7-9,14-15H,1,5-6,10-11H2,2-3H3,(H,26,28)(H,24,25,27);2*1H2/t14-,15+;;/m0../s1. The molecule has 34 heavy (non-hydrogen) atoms. The zero-order valence-electron chi connectivity index (χ0n) is 18.7. The minimum atomic E-state index is -0.880. The van der Waals surface area contributed by atoms with Crippen molar-refractivity contribution >= 4 is 38.8 Å². The number of halogens is 2. The van der Waals surface area contributed by atoms with Crippen LogP contribution in [0, 0.1) is 11.6 Å². The van der Waals surface area contributed by atoms with Crippen molar-refractivity contribution in [3.63, 3.8) is 0 Å². The Hall–Kier alpha value is -2.77. The summed E-state index contributed by atoms with van der Waals surface area (Å²) in [6.45, 7) is 3.91. The van der Waals surface area contributed by atoms with Crippen molar-refractivity contribution in [3.05, 3.63) is 48.3 Å². The topological polar surface area (TPSA) is 104 Å². The van der Waals surface area contributed by atoms with Crippen LogP contribution in [-0.2, 0) is 16.1 Å². The summed E-state index contributed by atoms with van der Waals surface area (Å²) in [7, 11) is 2.54. The van der Waals surface area contributed by atoms with Gasteiger partial charge in [0.1, 0.15) is 6.61 Å². The maximum Gasteiger partial charge on any atom is 0.243 e. The Balaban J connectivity index is 0.00000289. The van der Waals surface area contributed by atoms with Crippen molar-refractivity contribution in [1.29, 1.82) is 0 Å². The molecule has 2 heterocycles. The Bertz CT molecular complexity index is 941. The van der Waals surface area contributed by atoms with E-state index in [-0.39, 0.29) is 73.7 Å². The molecule has 2 aromatic rings. The van der Waals surface area contributed by atoms with Gasteiger partial charge in [0, 0.05) is 12.7 Å².